The van der Waals surface area contributed by atoms with E-state index >= 15 is 0 Å². The molecule has 1 aliphatic rings. The van der Waals surface area contributed by atoms with Crippen LogP contribution in [0.5, 0.6) is 0 Å². The van der Waals surface area contributed by atoms with Gasteiger partial charge in [-0.2, -0.15) is 0 Å². The van der Waals surface area contributed by atoms with Crippen molar-refractivity contribution in [3.05, 3.63) is 22.4 Å². The molecule has 2 atom stereocenters. The lowest BCUT2D eigenvalue weighted by Gasteiger charge is -2.39. The Morgan fingerprint density at radius 1 is 1.48 bits per heavy atom. The quantitative estimate of drug-likeness (QED) is 0.912. The SMILES string of the molecule is CC1NCCN(C(=O)CN(C)C(=O)c2cccs2)C1C.Cl. The summed E-state index contributed by atoms with van der Waals surface area (Å²) in [5.41, 5.74) is 0. The fourth-order valence-corrected chi connectivity index (χ4v) is 3.08. The van der Waals surface area contributed by atoms with Crippen LogP contribution in [0.3, 0.4) is 0 Å². The average molecular weight is 332 g/mol. The second-order valence-corrected chi connectivity index (χ2v) is 6.16. The lowest BCUT2D eigenvalue weighted by Crippen LogP contribution is -2.58. The van der Waals surface area contributed by atoms with Gasteiger partial charge in [-0.05, 0) is 25.3 Å². The van der Waals surface area contributed by atoms with E-state index < -0.39 is 0 Å². The Labute approximate surface area is 135 Å². The van der Waals surface area contributed by atoms with E-state index in [4.69, 9.17) is 0 Å². The number of amides is 2. The molecule has 2 heterocycles. The van der Waals surface area contributed by atoms with E-state index in [9.17, 15) is 9.59 Å². The molecule has 0 aromatic carbocycles. The Balaban J connectivity index is 0.00000220. The molecule has 1 N–H and O–H groups in total. The van der Waals surface area contributed by atoms with Crippen LogP contribution in [0.1, 0.15) is 23.5 Å². The van der Waals surface area contributed by atoms with Crippen molar-refractivity contribution in [2.45, 2.75) is 25.9 Å². The zero-order chi connectivity index (χ0) is 14.7. The number of nitrogens with one attached hydrogen (secondary N) is 1. The molecular weight excluding hydrogens is 310 g/mol. The fraction of sp³-hybridized carbons (Fsp3) is 0.571. The van der Waals surface area contributed by atoms with Crippen LogP contribution in [-0.2, 0) is 4.79 Å². The van der Waals surface area contributed by atoms with Crippen molar-refractivity contribution >= 4 is 35.6 Å². The van der Waals surface area contributed by atoms with Gasteiger partial charge >= 0.3 is 0 Å². The molecule has 0 spiro atoms. The number of piperazine rings is 1. The molecule has 1 aromatic rings. The summed E-state index contributed by atoms with van der Waals surface area (Å²) in [6.45, 7) is 5.75. The highest BCUT2D eigenvalue weighted by molar-refractivity contribution is 7.12. The van der Waals surface area contributed by atoms with Crippen molar-refractivity contribution in [2.24, 2.45) is 0 Å². The monoisotopic (exact) mass is 331 g/mol. The first-order chi connectivity index (χ1) is 9.50. The Bertz CT molecular complexity index is 481. The Morgan fingerprint density at radius 2 is 2.19 bits per heavy atom. The number of hydrogen-bond acceptors (Lipinski definition) is 4. The van der Waals surface area contributed by atoms with Gasteiger partial charge in [-0.15, -0.1) is 23.7 Å². The highest BCUT2D eigenvalue weighted by Crippen LogP contribution is 2.13. The van der Waals surface area contributed by atoms with Gasteiger partial charge in [0.1, 0.15) is 0 Å². The molecule has 0 radical (unpaired) electrons. The van der Waals surface area contributed by atoms with Crippen molar-refractivity contribution < 1.29 is 9.59 Å². The molecule has 2 unspecified atom stereocenters. The van der Waals surface area contributed by atoms with Gasteiger partial charge in [0.05, 0.1) is 11.4 Å². The number of thiophene rings is 1. The summed E-state index contributed by atoms with van der Waals surface area (Å²) in [7, 11) is 1.68. The highest BCUT2D eigenvalue weighted by Gasteiger charge is 2.29. The third-order valence-electron chi connectivity index (χ3n) is 3.81. The van der Waals surface area contributed by atoms with E-state index in [0.717, 1.165) is 6.54 Å². The third-order valence-corrected chi connectivity index (χ3v) is 4.66. The van der Waals surface area contributed by atoms with Crippen LogP contribution in [0.25, 0.3) is 0 Å². The summed E-state index contributed by atoms with van der Waals surface area (Å²) in [6.07, 6.45) is 0. The van der Waals surface area contributed by atoms with E-state index in [0.29, 0.717) is 11.4 Å². The van der Waals surface area contributed by atoms with Gasteiger partial charge in [0.15, 0.2) is 0 Å². The van der Waals surface area contributed by atoms with Crippen LogP contribution in [0.4, 0.5) is 0 Å². The van der Waals surface area contributed by atoms with Gasteiger partial charge in [-0.1, -0.05) is 6.07 Å². The summed E-state index contributed by atoms with van der Waals surface area (Å²) in [5, 5.41) is 5.21. The number of nitrogens with zero attached hydrogens (tertiary/aromatic N) is 2. The van der Waals surface area contributed by atoms with Gasteiger partial charge in [0.25, 0.3) is 5.91 Å². The van der Waals surface area contributed by atoms with Crippen molar-refractivity contribution in [2.75, 3.05) is 26.7 Å². The number of carbonyl (C=O) groups excluding carboxylic acids is 2. The zero-order valence-electron chi connectivity index (χ0n) is 12.5. The predicted octanol–water partition coefficient (Wildman–Crippen LogP) is 1.45. The summed E-state index contributed by atoms with van der Waals surface area (Å²) in [4.78, 5) is 28.5. The molecule has 7 heteroatoms. The van der Waals surface area contributed by atoms with E-state index in [2.05, 4.69) is 12.2 Å². The Morgan fingerprint density at radius 3 is 2.81 bits per heavy atom. The summed E-state index contributed by atoms with van der Waals surface area (Å²) in [6, 6.07) is 4.06. The second-order valence-electron chi connectivity index (χ2n) is 5.21. The van der Waals surface area contributed by atoms with Crippen LogP contribution in [0.2, 0.25) is 0 Å². The fourth-order valence-electron chi connectivity index (χ4n) is 2.36. The predicted molar refractivity (Wildman–Crippen MR) is 87.2 cm³/mol. The third kappa shape index (κ3) is 4.18. The smallest absolute Gasteiger partial charge is 0.264 e. The van der Waals surface area contributed by atoms with E-state index in [1.165, 1.54) is 16.2 Å². The molecule has 1 aliphatic heterocycles. The first-order valence-electron chi connectivity index (χ1n) is 6.82. The maximum atomic E-state index is 12.3. The molecule has 21 heavy (non-hydrogen) atoms. The van der Waals surface area contributed by atoms with Crippen LogP contribution in [-0.4, -0.2) is 60.4 Å². The van der Waals surface area contributed by atoms with Gasteiger partial charge in [0, 0.05) is 32.2 Å². The van der Waals surface area contributed by atoms with Crippen LogP contribution in [0, 0.1) is 0 Å². The molecule has 2 rings (SSSR count). The number of hydrogen-bond donors (Lipinski definition) is 1. The first-order valence-corrected chi connectivity index (χ1v) is 7.70. The molecular formula is C14H22ClN3O2S. The maximum absolute atomic E-state index is 12.3. The molecule has 1 saturated heterocycles. The lowest BCUT2D eigenvalue weighted by atomic mass is 10.1. The van der Waals surface area contributed by atoms with E-state index in [1.807, 2.05) is 23.3 Å². The molecule has 2 amide bonds. The van der Waals surface area contributed by atoms with Crippen LogP contribution >= 0.6 is 23.7 Å². The molecule has 1 fully saturated rings. The van der Waals surface area contributed by atoms with Gasteiger partial charge < -0.3 is 15.1 Å². The number of carbonyl (C=O) groups is 2. The van der Waals surface area contributed by atoms with E-state index in [-0.39, 0.29) is 42.8 Å². The van der Waals surface area contributed by atoms with Gasteiger partial charge in [-0.3, -0.25) is 9.59 Å². The van der Waals surface area contributed by atoms with Crippen molar-refractivity contribution in [3.8, 4) is 0 Å². The Hall–Kier alpha value is -1.11. The normalized spacial score (nSPS) is 21.6. The minimum Gasteiger partial charge on any atom is -0.336 e. The molecule has 0 aliphatic carbocycles. The summed E-state index contributed by atoms with van der Waals surface area (Å²) in [5.74, 6) is -0.0811. The molecule has 0 bridgehead atoms. The Kier molecular flexibility index (Phi) is 6.64. The summed E-state index contributed by atoms with van der Waals surface area (Å²) < 4.78 is 0. The maximum Gasteiger partial charge on any atom is 0.264 e. The number of rotatable bonds is 3. The highest BCUT2D eigenvalue weighted by atomic mass is 35.5. The molecule has 0 saturated carbocycles. The van der Waals surface area contributed by atoms with Crippen LogP contribution < -0.4 is 5.32 Å². The van der Waals surface area contributed by atoms with E-state index in [1.54, 1.807) is 13.1 Å². The lowest BCUT2D eigenvalue weighted by molar-refractivity contribution is -0.135. The number of halogens is 1. The standard InChI is InChI=1S/C14H21N3O2S.ClH/c1-10-11(2)17(7-6-15-10)13(18)9-16(3)14(19)12-5-4-8-20-12;/h4-5,8,10-11,15H,6-7,9H2,1-3H3;1H. The van der Waals surface area contributed by atoms with Crippen molar-refractivity contribution in [3.63, 3.8) is 0 Å². The largest absolute Gasteiger partial charge is 0.336 e. The minimum absolute atomic E-state index is 0. The number of likely N-dealkylation sites (N-methyl/N-ethyl adjacent to an activating group) is 1. The molecule has 118 valence electrons. The van der Waals surface area contributed by atoms with Crippen molar-refractivity contribution in [1.82, 2.24) is 15.1 Å². The second kappa shape index (κ2) is 7.77. The van der Waals surface area contributed by atoms with Gasteiger partial charge in [-0.25, -0.2) is 0 Å². The minimum atomic E-state index is -0.0933. The van der Waals surface area contributed by atoms with Crippen LogP contribution in [0.15, 0.2) is 17.5 Å². The topological polar surface area (TPSA) is 52.7 Å². The zero-order valence-corrected chi connectivity index (χ0v) is 14.2. The first kappa shape index (κ1) is 17.9. The molecule has 5 nitrogen and oxygen atoms in total. The molecule has 1 aromatic heterocycles. The summed E-state index contributed by atoms with van der Waals surface area (Å²) >= 11 is 1.40. The average Bonchev–Trinajstić information content (AvgIpc) is 2.94. The van der Waals surface area contributed by atoms with Crippen molar-refractivity contribution in [1.29, 1.82) is 0 Å². The van der Waals surface area contributed by atoms with Gasteiger partial charge in [0.2, 0.25) is 5.91 Å².